The van der Waals surface area contributed by atoms with Gasteiger partial charge in [-0.05, 0) is 78.2 Å². The lowest BCUT2D eigenvalue weighted by molar-refractivity contribution is -0.733. The molecule has 180 valence electrons. The number of fused-ring (bicyclic) bond motifs is 1. The normalized spacial score (nSPS) is 17.2. The number of imidazole rings is 1. The summed E-state index contributed by atoms with van der Waals surface area (Å²) in [6.07, 6.45) is 11.7. The van der Waals surface area contributed by atoms with Crippen LogP contribution < -0.4 is 4.68 Å². The van der Waals surface area contributed by atoms with Crippen LogP contribution in [0.1, 0.15) is 76.8 Å². The Bertz CT molecular complexity index is 1380. The molecule has 1 aliphatic carbocycles. The highest BCUT2D eigenvalue weighted by Crippen LogP contribution is 2.42. The quantitative estimate of drug-likeness (QED) is 0.449. The van der Waals surface area contributed by atoms with Crippen molar-refractivity contribution in [3.63, 3.8) is 0 Å². The Labute approximate surface area is 205 Å². The summed E-state index contributed by atoms with van der Waals surface area (Å²) < 4.78 is 4.02. The van der Waals surface area contributed by atoms with E-state index < -0.39 is 0 Å². The number of likely N-dealkylation sites (tertiary alicyclic amines) is 1. The Hall–Kier alpha value is -3.48. The van der Waals surface area contributed by atoms with Crippen molar-refractivity contribution in [1.29, 1.82) is 0 Å². The molecule has 7 nitrogen and oxygen atoms in total. The maximum absolute atomic E-state index is 13.7. The zero-order chi connectivity index (χ0) is 24.1. The van der Waals surface area contributed by atoms with Crippen LogP contribution in [0, 0.1) is 13.8 Å². The first kappa shape index (κ1) is 22.0. The van der Waals surface area contributed by atoms with E-state index in [0.717, 1.165) is 59.9 Å². The average molecular weight is 470 g/mol. The zero-order valence-corrected chi connectivity index (χ0v) is 20.8. The largest absolute Gasteiger partial charge is 0.339 e. The highest BCUT2D eigenvalue weighted by Gasteiger charge is 2.30. The third kappa shape index (κ3) is 3.93. The van der Waals surface area contributed by atoms with E-state index in [0.29, 0.717) is 11.8 Å². The topological polar surface area (TPSA) is 70.2 Å². The van der Waals surface area contributed by atoms with Crippen molar-refractivity contribution in [3.05, 3.63) is 70.9 Å². The van der Waals surface area contributed by atoms with Gasteiger partial charge in [0.15, 0.2) is 0 Å². The molecule has 2 aliphatic rings. The molecule has 1 aromatic carbocycles. The second kappa shape index (κ2) is 8.63. The van der Waals surface area contributed by atoms with E-state index in [-0.39, 0.29) is 5.91 Å². The van der Waals surface area contributed by atoms with E-state index in [1.165, 1.54) is 30.4 Å². The molecule has 35 heavy (non-hydrogen) atoms. The summed E-state index contributed by atoms with van der Waals surface area (Å²) in [6.45, 7) is 5.64. The minimum Gasteiger partial charge on any atom is -0.339 e. The number of aromatic amines is 1. The smallest absolute Gasteiger partial charge is 0.316 e. The van der Waals surface area contributed by atoms with Crippen molar-refractivity contribution in [2.75, 3.05) is 13.1 Å². The van der Waals surface area contributed by atoms with Crippen LogP contribution in [-0.2, 0) is 7.05 Å². The lowest BCUT2D eigenvalue weighted by atomic mass is 9.77. The van der Waals surface area contributed by atoms with Crippen LogP contribution in [0.4, 0.5) is 0 Å². The molecule has 1 saturated heterocycles. The molecule has 7 heteroatoms. The maximum atomic E-state index is 13.7. The predicted octanol–water partition coefficient (Wildman–Crippen LogP) is 4.45. The maximum Gasteiger partial charge on any atom is 0.316 e. The molecule has 0 unspecified atom stereocenters. The number of carbonyl (C=O) groups is 1. The van der Waals surface area contributed by atoms with Gasteiger partial charge in [0.2, 0.25) is 0 Å². The lowest BCUT2D eigenvalue weighted by Crippen LogP contribution is -2.38. The van der Waals surface area contributed by atoms with Crippen LogP contribution in [0.2, 0.25) is 0 Å². The summed E-state index contributed by atoms with van der Waals surface area (Å²) >= 11 is 0. The van der Waals surface area contributed by atoms with Crippen LogP contribution >= 0.6 is 0 Å². The molecular weight excluding hydrogens is 436 g/mol. The van der Waals surface area contributed by atoms with E-state index in [1.807, 2.05) is 35.9 Å². The van der Waals surface area contributed by atoms with Crippen LogP contribution in [0.3, 0.4) is 0 Å². The summed E-state index contributed by atoms with van der Waals surface area (Å²) in [4.78, 5) is 24.8. The summed E-state index contributed by atoms with van der Waals surface area (Å²) in [6, 6.07) is 8.61. The van der Waals surface area contributed by atoms with E-state index in [1.54, 1.807) is 0 Å². The number of rotatable bonds is 4. The first-order valence-electron chi connectivity index (χ1n) is 12.8. The number of aromatic nitrogens is 5. The minimum atomic E-state index is 0.139. The summed E-state index contributed by atoms with van der Waals surface area (Å²) in [7, 11) is 1.98. The van der Waals surface area contributed by atoms with Gasteiger partial charge in [0.25, 0.3) is 11.7 Å². The highest BCUT2D eigenvalue weighted by atomic mass is 16.2. The van der Waals surface area contributed by atoms with Gasteiger partial charge in [-0.2, -0.15) is 9.78 Å². The summed E-state index contributed by atoms with van der Waals surface area (Å²) in [5.41, 5.74) is 6.58. The van der Waals surface area contributed by atoms with E-state index in [2.05, 4.69) is 51.9 Å². The molecule has 0 spiro atoms. The minimum absolute atomic E-state index is 0.139. The number of amides is 1. The van der Waals surface area contributed by atoms with Gasteiger partial charge in [0.1, 0.15) is 12.7 Å². The van der Waals surface area contributed by atoms with Crippen molar-refractivity contribution in [2.24, 2.45) is 7.05 Å². The fraction of sp³-hybridized carbons (Fsp3) is 0.429. The molecule has 1 amide bonds. The monoisotopic (exact) mass is 469 g/mol. The second-order valence-electron chi connectivity index (χ2n) is 10.3. The van der Waals surface area contributed by atoms with Crippen LogP contribution in [0.15, 0.2) is 42.9 Å². The van der Waals surface area contributed by atoms with Crippen molar-refractivity contribution < 1.29 is 9.48 Å². The number of aryl methyl sites for hydroxylation is 3. The number of nitrogens with zero attached hydrogens (tertiary/aromatic N) is 5. The number of hydrogen-bond acceptors (Lipinski definition) is 3. The Balaban J connectivity index is 1.25. The third-order valence-corrected chi connectivity index (χ3v) is 8.12. The van der Waals surface area contributed by atoms with E-state index >= 15 is 0 Å². The van der Waals surface area contributed by atoms with Gasteiger partial charge < -0.3 is 9.30 Å². The van der Waals surface area contributed by atoms with E-state index in [4.69, 9.17) is 4.98 Å². The average Bonchev–Trinajstić information content (AvgIpc) is 3.43. The van der Waals surface area contributed by atoms with Crippen molar-refractivity contribution >= 4 is 11.6 Å². The lowest BCUT2D eigenvalue weighted by Gasteiger charge is -2.33. The number of carbonyl (C=O) groups excluding carboxylic acids is 1. The Morgan fingerprint density at radius 3 is 2.57 bits per heavy atom. The SMILES string of the molecule is Cc1cc(C2CCC2)c(-c2nc(C)[n+](C)[nH]2)cc1C(=O)N1CCC(c2ccc3nccn3c2)CC1. The molecular formula is C28H33N6O+. The fourth-order valence-corrected chi connectivity index (χ4v) is 5.61. The predicted molar refractivity (Wildman–Crippen MR) is 134 cm³/mol. The molecule has 2 fully saturated rings. The molecule has 0 radical (unpaired) electrons. The molecule has 0 atom stereocenters. The Kier molecular flexibility index (Phi) is 5.43. The van der Waals surface area contributed by atoms with Crippen molar-refractivity contribution in [1.82, 2.24) is 24.4 Å². The number of hydrogen-bond donors (Lipinski definition) is 1. The molecule has 4 heterocycles. The van der Waals surface area contributed by atoms with Crippen molar-refractivity contribution in [2.45, 2.75) is 57.8 Å². The van der Waals surface area contributed by atoms with Gasteiger partial charge in [-0.1, -0.05) is 18.6 Å². The number of pyridine rings is 1. The van der Waals surface area contributed by atoms with Crippen molar-refractivity contribution in [3.8, 4) is 11.4 Å². The molecule has 6 rings (SSSR count). The van der Waals surface area contributed by atoms with Gasteiger partial charge in [-0.15, -0.1) is 0 Å². The number of piperidine rings is 1. The summed E-state index contributed by atoms with van der Waals surface area (Å²) in [5.74, 6) is 2.96. The number of H-pyrrole nitrogens is 1. The zero-order valence-electron chi connectivity index (χ0n) is 20.8. The van der Waals surface area contributed by atoms with Crippen LogP contribution in [-0.4, -0.2) is 43.4 Å². The molecule has 3 aromatic heterocycles. The van der Waals surface area contributed by atoms with Gasteiger partial charge in [0, 0.05) is 44.2 Å². The van der Waals surface area contributed by atoms with Crippen LogP contribution in [0.5, 0.6) is 0 Å². The molecule has 1 saturated carbocycles. The van der Waals surface area contributed by atoms with Gasteiger partial charge in [-0.25, -0.2) is 4.98 Å². The first-order chi connectivity index (χ1) is 17.0. The standard InChI is InChI=1S/C28H32N6O/c1-18-15-24(21-5-4-6-21)25(27-30-19(2)32(3)31-27)16-23(18)28(35)33-12-9-20(10-13-33)22-7-8-26-29-11-14-34(26)17-22/h7-8,11,14-17,20-21H,4-6,9-10,12-13H2,1-3H3/p+1. The number of benzene rings is 1. The first-order valence-corrected chi connectivity index (χ1v) is 12.8. The highest BCUT2D eigenvalue weighted by molar-refractivity contribution is 5.97. The fourth-order valence-electron chi connectivity index (χ4n) is 5.61. The van der Waals surface area contributed by atoms with Crippen LogP contribution in [0.25, 0.3) is 17.0 Å². The van der Waals surface area contributed by atoms with Gasteiger partial charge in [-0.3, -0.25) is 4.79 Å². The molecule has 4 aromatic rings. The van der Waals surface area contributed by atoms with Gasteiger partial charge >= 0.3 is 5.82 Å². The second-order valence-corrected chi connectivity index (χ2v) is 10.3. The van der Waals surface area contributed by atoms with Gasteiger partial charge in [0.05, 0.1) is 5.56 Å². The third-order valence-electron chi connectivity index (χ3n) is 8.12. The molecule has 1 aliphatic heterocycles. The number of nitrogens with one attached hydrogen (secondary N) is 1. The van der Waals surface area contributed by atoms with E-state index in [9.17, 15) is 4.79 Å². The summed E-state index contributed by atoms with van der Waals surface area (Å²) in [5, 5.41) is 3.38. The molecule has 0 bridgehead atoms. The Morgan fingerprint density at radius 1 is 1.09 bits per heavy atom. The molecule has 1 N–H and O–H groups in total. The Morgan fingerprint density at radius 2 is 1.89 bits per heavy atom.